The third-order valence-electron chi connectivity index (χ3n) is 6.32. The van der Waals surface area contributed by atoms with Crippen LogP contribution in [0.3, 0.4) is 0 Å². The number of halogens is 1. The summed E-state index contributed by atoms with van der Waals surface area (Å²) in [6, 6.07) is 9.70. The molecule has 0 spiro atoms. The van der Waals surface area contributed by atoms with Crippen molar-refractivity contribution in [2.24, 2.45) is 0 Å². The second-order valence-corrected chi connectivity index (χ2v) is 8.88. The summed E-state index contributed by atoms with van der Waals surface area (Å²) < 4.78 is 11.3. The molecule has 2 fully saturated rings. The summed E-state index contributed by atoms with van der Waals surface area (Å²) in [5.41, 5.74) is 0.276. The molecule has 0 aromatic heterocycles. The number of methoxy groups -OCH3 is 1. The summed E-state index contributed by atoms with van der Waals surface area (Å²) >= 11 is 5.89. The summed E-state index contributed by atoms with van der Waals surface area (Å²) in [4.78, 5) is 28.8. The number of carbonyl (C=O) groups is 1. The Kier molecular flexibility index (Phi) is 7.05. The Morgan fingerprint density at radius 2 is 1.76 bits per heavy atom. The van der Waals surface area contributed by atoms with Crippen molar-refractivity contribution in [3.05, 3.63) is 57.1 Å². The topological polar surface area (TPSA) is 85.2 Å². The van der Waals surface area contributed by atoms with Gasteiger partial charge in [0.25, 0.3) is 5.91 Å². The monoisotopic (exact) mass is 473 g/mol. The molecule has 33 heavy (non-hydrogen) atoms. The van der Waals surface area contributed by atoms with E-state index in [2.05, 4.69) is 16.7 Å². The fourth-order valence-corrected chi connectivity index (χ4v) is 4.53. The minimum atomic E-state index is -0.553. The third-order valence-corrected chi connectivity index (χ3v) is 6.56. The molecular weight excluding hydrogens is 446 g/mol. The predicted molar refractivity (Wildman–Crippen MR) is 126 cm³/mol. The highest BCUT2D eigenvalue weighted by Gasteiger charge is 2.39. The van der Waals surface area contributed by atoms with Crippen LogP contribution in [0.4, 0.5) is 5.69 Å². The number of hydrogen-bond donors (Lipinski definition) is 0. The van der Waals surface area contributed by atoms with Crippen molar-refractivity contribution in [2.45, 2.75) is 44.7 Å². The van der Waals surface area contributed by atoms with Crippen LogP contribution in [0.1, 0.15) is 43.0 Å². The van der Waals surface area contributed by atoms with Crippen LogP contribution in [-0.2, 0) is 0 Å². The van der Waals surface area contributed by atoms with Gasteiger partial charge in [-0.3, -0.25) is 14.9 Å². The van der Waals surface area contributed by atoms with Crippen LogP contribution in [0.15, 0.2) is 36.4 Å². The standard InChI is InChI=1S/C24H28ClN3O5/c1-3-26-12-10-19(11-13-26)27(18-6-7-18)24(29)16-4-8-22(23(14-16)32-2)33-21-9-5-17(25)15-20(21)28(30)31/h4-5,8-9,14-15,18-19H,3,6-7,10-13H2,1-2H3. The smallest absolute Gasteiger partial charge is 0.313 e. The molecule has 1 saturated carbocycles. The lowest BCUT2D eigenvalue weighted by Crippen LogP contribution is -2.48. The van der Waals surface area contributed by atoms with Gasteiger partial charge >= 0.3 is 5.69 Å². The lowest BCUT2D eigenvalue weighted by Gasteiger charge is -2.38. The number of nitrogens with zero attached hydrogens (tertiary/aromatic N) is 3. The molecule has 2 aromatic carbocycles. The zero-order chi connectivity index (χ0) is 23.5. The van der Waals surface area contributed by atoms with Gasteiger partial charge < -0.3 is 19.3 Å². The van der Waals surface area contributed by atoms with Gasteiger partial charge in [0.2, 0.25) is 5.75 Å². The molecule has 1 aliphatic carbocycles. The van der Waals surface area contributed by atoms with Gasteiger partial charge in [-0.25, -0.2) is 0 Å². The van der Waals surface area contributed by atoms with E-state index in [-0.39, 0.29) is 34.2 Å². The predicted octanol–water partition coefficient (Wildman–Crippen LogP) is 5.14. The molecule has 0 unspecified atom stereocenters. The average molecular weight is 474 g/mol. The van der Waals surface area contributed by atoms with Crippen molar-refractivity contribution in [1.29, 1.82) is 0 Å². The van der Waals surface area contributed by atoms with E-state index in [9.17, 15) is 14.9 Å². The number of piperidine rings is 1. The highest BCUT2D eigenvalue weighted by Crippen LogP contribution is 2.39. The number of carbonyl (C=O) groups excluding carboxylic acids is 1. The Balaban J connectivity index is 1.56. The van der Waals surface area contributed by atoms with E-state index in [4.69, 9.17) is 21.1 Å². The van der Waals surface area contributed by atoms with E-state index in [1.807, 2.05) is 0 Å². The first-order valence-corrected chi connectivity index (χ1v) is 11.6. The fourth-order valence-electron chi connectivity index (χ4n) is 4.37. The number of benzene rings is 2. The summed E-state index contributed by atoms with van der Waals surface area (Å²) in [6.07, 6.45) is 4.04. The quantitative estimate of drug-likeness (QED) is 0.390. The summed E-state index contributed by atoms with van der Waals surface area (Å²) in [6.45, 7) is 5.22. The Morgan fingerprint density at radius 1 is 1.09 bits per heavy atom. The van der Waals surface area contributed by atoms with Crippen LogP contribution in [0.5, 0.6) is 17.2 Å². The van der Waals surface area contributed by atoms with E-state index in [0.717, 1.165) is 45.3 Å². The number of ether oxygens (including phenoxy) is 2. The van der Waals surface area contributed by atoms with Crippen LogP contribution in [0, 0.1) is 10.1 Å². The molecule has 1 heterocycles. The van der Waals surface area contributed by atoms with E-state index < -0.39 is 4.92 Å². The van der Waals surface area contributed by atoms with Crippen molar-refractivity contribution in [1.82, 2.24) is 9.80 Å². The molecule has 176 valence electrons. The Morgan fingerprint density at radius 3 is 2.36 bits per heavy atom. The molecule has 0 bridgehead atoms. The Hall–Kier alpha value is -2.84. The lowest BCUT2D eigenvalue weighted by molar-refractivity contribution is -0.385. The van der Waals surface area contributed by atoms with Crippen molar-refractivity contribution in [3.63, 3.8) is 0 Å². The summed E-state index contributed by atoms with van der Waals surface area (Å²) in [5.74, 6) is 0.661. The molecule has 0 N–H and O–H groups in total. The number of amides is 1. The zero-order valence-corrected chi connectivity index (χ0v) is 19.6. The van der Waals surface area contributed by atoms with Gasteiger partial charge in [-0.2, -0.15) is 0 Å². The van der Waals surface area contributed by atoms with Gasteiger partial charge in [0.1, 0.15) is 0 Å². The van der Waals surface area contributed by atoms with Crippen LogP contribution in [-0.4, -0.2) is 59.5 Å². The molecular formula is C24H28ClN3O5. The second-order valence-electron chi connectivity index (χ2n) is 8.45. The van der Waals surface area contributed by atoms with Gasteiger partial charge in [0, 0.05) is 41.8 Å². The van der Waals surface area contributed by atoms with E-state index in [1.165, 1.54) is 25.3 Å². The maximum atomic E-state index is 13.5. The van der Waals surface area contributed by atoms with Crippen molar-refractivity contribution in [3.8, 4) is 17.2 Å². The highest BCUT2D eigenvalue weighted by molar-refractivity contribution is 6.30. The minimum absolute atomic E-state index is 0.00484. The molecule has 0 radical (unpaired) electrons. The molecule has 2 aliphatic rings. The van der Waals surface area contributed by atoms with Crippen LogP contribution in [0.25, 0.3) is 0 Å². The van der Waals surface area contributed by atoms with E-state index >= 15 is 0 Å². The molecule has 4 rings (SSSR count). The number of nitro benzene ring substituents is 1. The molecule has 8 nitrogen and oxygen atoms in total. The largest absolute Gasteiger partial charge is 0.493 e. The first-order valence-electron chi connectivity index (χ1n) is 11.3. The zero-order valence-electron chi connectivity index (χ0n) is 18.8. The third kappa shape index (κ3) is 5.23. The van der Waals surface area contributed by atoms with Gasteiger partial charge in [-0.1, -0.05) is 18.5 Å². The maximum absolute atomic E-state index is 13.5. The van der Waals surface area contributed by atoms with Crippen LogP contribution in [0.2, 0.25) is 5.02 Å². The molecule has 9 heteroatoms. The number of likely N-dealkylation sites (tertiary alicyclic amines) is 1. The number of nitro groups is 1. The first kappa shape index (κ1) is 23.3. The summed E-state index contributed by atoms with van der Waals surface area (Å²) in [7, 11) is 1.48. The maximum Gasteiger partial charge on any atom is 0.313 e. The minimum Gasteiger partial charge on any atom is -0.493 e. The normalized spacial score (nSPS) is 16.9. The van der Waals surface area contributed by atoms with Gasteiger partial charge in [0.05, 0.1) is 12.0 Å². The molecule has 2 aromatic rings. The Bertz CT molecular complexity index is 1030. The van der Waals surface area contributed by atoms with Crippen molar-refractivity contribution < 1.29 is 19.2 Å². The van der Waals surface area contributed by atoms with Gasteiger partial charge in [0.15, 0.2) is 11.5 Å². The SMILES string of the molecule is CCN1CCC(N(C(=O)c2ccc(Oc3ccc(Cl)cc3[N+](=O)[O-])c(OC)c2)C2CC2)CC1. The number of hydrogen-bond acceptors (Lipinski definition) is 6. The summed E-state index contributed by atoms with van der Waals surface area (Å²) in [5, 5.41) is 11.6. The lowest BCUT2D eigenvalue weighted by atomic mass is 10.0. The molecule has 1 saturated heterocycles. The van der Waals surface area contributed by atoms with Crippen molar-refractivity contribution >= 4 is 23.2 Å². The molecule has 1 aliphatic heterocycles. The molecule has 0 atom stereocenters. The van der Waals surface area contributed by atoms with E-state index in [0.29, 0.717) is 17.4 Å². The van der Waals surface area contributed by atoms with Crippen LogP contribution < -0.4 is 9.47 Å². The van der Waals surface area contributed by atoms with E-state index in [1.54, 1.807) is 18.2 Å². The van der Waals surface area contributed by atoms with Gasteiger partial charge in [-0.15, -0.1) is 0 Å². The number of rotatable bonds is 8. The average Bonchev–Trinajstić information content (AvgIpc) is 3.66. The second kappa shape index (κ2) is 9.97. The van der Waals surface area contributed by atoms with Gasteiger partial charge in [-0.05, 0) is 62.6 Å². The Labute approximate surface area is 198 Å². The van der Waals surface area contributed by atoms with Crippen molar-refractivity contribution in [2.75, 3.05) is 26.7 Å². The first-order chi connectivity index (χ1) is 15.9. The van der Waals surface area contributed by atoms with Crippen LogP contribution >= 0.6 is 11.6 Å². The molecule has 1 amide bonds. The highest BCUT2D eigenvalue weighted by atomic mass is 35.5. The fraction of sp³-hybridized carbons (Fsp3) is 0.458.